The van der Waals surface area contributed by atoms with Crippen molar-refractivity contribution in [3.05, 3.63) is 0 Å². The summed E-state index contributed by atoms with van der Waals surface area (Å²) in [5.41, 5.74) is 0. The van der Waals surface area contributed by atoms with Crippen molar-refractivity contribution in [3.8, 4) is 0 Å². The van der Waals surface area contributed by atoms with Gasteiger partial charge in [0, 0.05) is 32.1 Å². The molecule has 0 aromatic heterocycles. The Morgan fingerprint density at radius 2 is 1.06 bits per heavy atom. The Hall–Kier alpha value is -0.200. The molecule has 0 aromatic carbocycles. The van der Waals surface area contributed by atoms with E-state index < -0.39 is 0 Å². The van der Waals surface area contributed by atoms with Crippen molar-refractivity contribution in [1.29, 1.82) is 0 Å². The average Bonchev–Trinajstić information content (AvgIpc) is 2.83. The highest BCUT2D eigenvalue weighted by Crippen LogP contribution is 2.36. The molecule has 5 aliphatic rings. The zero-order valence-electron chi connectivity index (χ0n) is 21.0. The summed E-state index contributed by atoms with van der Waals surface area (Å²) in [7, 11) is 0. The van der Waals surface area contributed by atoms with E-state index in [4.69, 9.17) is 9.47 Å². The number of hydrogen-bond acceptors (Lipinski definition) is 5. The number of nitrogens with zero attached hydrogens (tertiary/aromatic N) is 2. The number of fused-ring (bicyclic) bond motifs is 2. The second kappa shape index (κ2) is 12.2. The van der Waals surface area contributed by atoms with Crippen LogP contribution in [0.2, 0.25) is 0 Å². The van der Waals surface area contributed by atoms with Crippen LogP contribution in [0.1, 0.15) is 109 Å². The van der Waals surface area contributed by atoms with Crippen LogP contribution in [0.25, 0.3) is 0 Å². The Morgan fingerprint density at radius 3 is 1.76 bits per heavy atom. The Morgan fingerprint density at radius 1 is 0.515 bits per heavy atom. The summed E-state index contributed by atoms with van der Waals surface area (Å²) in [6, 6.07) is 0. The molecule has 1 N–H and O–H groups in total. The molecule has 0 aliphatic carbocycles. The molecule has 0 amide bonds. The molecule has 4 bridgehead atoms. The van der Waals surface area contributed by atoms with Gasteiger partial charge in [0.1, 0.15) is 12.5 Å². The number of piperidine rings is 2. The molecule has 5 fully saturated rings. The minimum Gasteiger partial charge on any atom is -0.392 e. The second-order valence-corrected chi connectivity index (χ2v) is 11.9. The summed E-state index contributed by atoms with van der Waals surface area (Å²) in [5, 5.41) is 10.4. The third-order valence-corrected chi connectivity index (χ3v) is 9.41. The summed E-state index contributed by atoms with van der Waals surface area (Å²) < 4.78 is 13.4. The minimum atomic E-state index is -0.163. The fourth-order valence-corrected chi connectivity index (χ4v) is 7.58. The molecule has 0 radical (unpaired) electrons. The average molecular weight is 463 g/mol. The van der Waals surface area contributed by atoms with Gasteiger partial charge in [0.2, 0.25) is 0 Å². The van der Waals surface area contributed by atoms with Gasteiger partial charge in [-0.25, -0.2) is 0 Å². The zero-order valence-corrected chi connectivity index (χ0v) is 21.0. The predicted molar refractivity (Wildman–Crippen MR) is 132 cm³/mol. The fourth-order valence-electron chi connectivity index (χ4n) is 7.58. The summed E-state index contributed by atoms with van der Waals surface area (Å²) >= 11 is 0. The van der Waals surface area contributed by atoms with Crippen molar-refractivity contribution in [3.63, 3.8) is 0 Å². The molecular formula is C28H50N2O3. The normalized spacial score (nSPS) is 43.0. The van der Waals surface area contributed by atoms with Gasteiger partial charge in [-0.2, -0.15) is 0 Å². The van der Waals surface area contributed by atoms with Crippen LogP contribution in [-0.4, -0.2) is 71.9 Å². The molecule has 5 heterocycles. The van der Waals surface area contributed by atoms with Gasteiger partial charge in [0.15, 0.2) is 0 Å². The van der Waals surface area contributed by atoms with E-state index in [0.717, 1.165) is 31.8 Å². The van der Waals surface area contributed by atoms with Gasteiger partial charge in [-0.3, -0.25) is 9.80 Å². The van der Waals surface area contributed by atoms with Gasteiger partial charge < -0.3 is 14.6 Å². The van der Waals surface area contributed by atoms with Gasteiger partial charge in [-0.05, 0) is 63.7 Å². The SMILES string of the molecule is O[C@H]1C[C@@H]2CCCCCC[C@H]3CCN4CCC[C@H](CCCCCC[C@H]5CCN(C1)[C@@H]2O5)[C@H]4O3. The monoisotopic (exact) mass is 462 g/mol. The van der Waals surface area contributed by atoms with Crippen LogP contribution >= 0.6 is 0 Å². The van der Waals surface area contributed by atoms with Crippen LogP contribution in [-0.2, 0) is 9.47 Å². The van der Waals surface area contributed by atoms with E-state index in [9.17, 15) is 5.11 Å². The van der Waals surface area contributed by atoms with Gasteiger partial charge in [0.25, 0.3) is 0 Å². The molecule has 0 unspecified atom stereocenters. The van der Waals surface area contributed by atoms with Crippen LogP contribution in [0, 0.1) is 11.8 Å². The second-order valence-electron chi connectivity index (χ2n) is 11.9. The first-order valence-electron chi connectivity index (χ1n) is 14.7. The van der Waals surface area contributed by atoms with E-state index in [1.807, 2.05) is 0 Å². The molecule has 5 saturated heterocycles. The largest absolute Gasteiger partial charge is 0.392 e. The van der Waals surface area contributed by atoms with Crippen molar-refractivity contribution in [2.75, 3.05) is 26.2 Å². The van der Waals surface area contributed by atoms with Gasteiger partial charge >= 0.3 is 0 Å². The number of rotatable bonds is 0. The van der Waals surface area contributed by atoms with Crippen molar-refractivity contribution in [2.45, 2.75) is 140 Å². The Bertz CT molecular complexity index is 589. The predicted octanol–water partition coefficient (Wildman–Crippen LogP) is 5.31. The lowest BCUT2D eigenvalue weighted by molar-refractivity contribution is -0.198. The number of ether oxygens (including phenoxy) is 2. The Kier molecular flexibility index (Phi) is 9.03. The van der Waals surface area contributed by atoms with Crippen LogP contribution in [0.3, 0.4) is 0 Å². The molecule has 0 spiro atoms. The summed E-state index contributed by atoms with van der Waals surface area (Å²) in [4.78, 5) is 5.11. The van der Waals surface area contributed by atoms with Crippen LogP contribution < -0.4 is 0 Å². The molecule has 5 rings (SSSR count). The Labute approximate surface area is 202 Å². The molecule has 5 aliphatic heterocycles. The third kappa shape index (κ3) is 6.52. The summed E-state index contributed by atoms with van der Waals surface area (Å²) in [6.07, 6.45) is 23.2. The van der Waals surface area contributed by atoms with Crippen molar-refractivity contribution in [1.82, 2.24) is 9.80 Å². The summed E-state index contributed by atoms with van der Waals surface area (Å²) in [6.45, 7) is 4.44. The zero-order chi connectivity index (χ0) is 22.5. The highest BCUT2D eigenvalue weighted by molar-refractivity contribution is 4.88. The maximum absolute atomic E-state index is 10.4. The lowest BCUT2D eigenvalue weighted by Crippen LogP contribution is -2.56. The lowest BCUT2D eigenvalue weighted by atomic mass is 9.87. The molecule has 5 heteroatoms. The summed E-state index contributed by atoms with van der Waals surface area (Å²) in [5.74, 6) is 1.27. The number of aliphatic hydroxyl groups is 1. The minimum absolute atomic E-state index is 0.163. The fraction of sp³-hybridized carbons (Fsp3) is 1.00. The van der Waals surface area contributed by atoms with Gasteiger partial charge in [0.05, 0.1) is 18.3 Å². The van der Waals surface area contributed by atoms with Crippen LogP contribution in [0.5, 0.6) is 0 Å². The molecule has 5 nitrogen and oxygen atoms in total. The first kappa shape index (κ1) is 24.5. The highest BCUT2D eigenvalue weighted by atomic mass is 16.5. The van der Waals surface area contributed by atoms with Crippen molar-refractivity contribution >= 4 is 0 Å². The molecule has 0 aromatic rings. The van der Waals surface area contributed by atoms with E-state index >= 15 is 0 Å². The van der Waals surface area contributed by atoms with Gasteiger partial charge in [-0.15, -0.1) is 0 Å². The van der Waals surface area contributed by atoms with Gasteiger partial charge in [-0.1, -0.05) is 51.4 Å². The maximum Gasteiger partial charge on any atom is 0.114 e. The Balaban J connectivity index is 1.17. The van der Waals surface area contributed by atoms with E-state index in [1.165, 1.54) is 109 Å². The third-order valence-electron chi connectivity index (χ3n) is 9.41. The number of aliphatic hydroxyl groups excluding tert-OH is 1. The molecule has 0 saturated carbocycles. The van der Waals surface area contributed by atoms with Crippen LogP contribution in [0.4, 0.5) is 0 Å². The quantitative estimate of drug-likeness (QED) is 0.529. The first-order chi connectivity index (χ1) is 16.3. The molecule has 33 heavy (non-hydrogen) atoms. The molecular weight excluding hydrogens is 412 g/mol. The van der Waals surface area contributed by atoms with Crippen LogP contribution in [0.15, 0.2) is 0 Å². The van der Waals surface area contributed by atoms with Crippen molar-refractivity contribution < 1.29 is 14.6 Å². The van der Waals surface area contributed by atoms with E-state index in [-0.39, 0.29) is 12.3 Å². The highest BCUT2D eigenvalue weighted by Gasteiger charge is 2.40. The van der Waals surface area contributed by atoms with Crippen molar-refractivity contribution in [2.24, 2.45) is 11.8 Å². The molecule has 190 valence electrons. The topological polar surface area (TPSA) is 45.2 Å². The van der Waals surface area contributed by atoms with E-state index in [2.05, 4.69) is 9.80 Å². The smallest absolute Gasteiger partial charge is 0.114 e. The maximum atomic E-state index is 10.4. The lowest BCUT2D eigenvalue weighted by Gasteiger charge is -2.48. The molecule has 7 atom stereocenters. The van der Waals surface area contributed by atoms with E-state index in [0.29, 0.717) is 24.4 Å². The first-order valence-corrected chi connectivity index (χ1v) is 14.7. The van der Waals surface area contributed by atoms with E-state index in [1.54, 1.807) is 0 Å². The standard InChI is InChI=1S/C28H50N2O3/c31-24-20-23-11-6-2-4-8-13-25-15-18-29-17-9-12-22(27(29)32-25)10-5-1-3-7-14-26-16-19-30(21-24)28(23)33-26/h22-28,31H,1-21H2/t22-,23-,24-,25-,26-,27+,28+/m0/s1. The number of hydrogen-bond donors (Lipinski definition) is 1.